The normalized spacial score (nSPS) is 12.1. The van der Waals surface area contributed by atoms with Crippen molar-refractivity contribution in [2.45, 2.75) is 50.2 Å². The number of para-hydroxylation sites is 1. The quantitative estimate of drug-likeness (QED) is 0.183. The zero-order valence-corrected chi connectivity index (χ0v) is 28.7. The highest BCUT2D eigenvalue weighted by Crippen LogP contribution is 2.32. The van der Waals surface area contributed by atoms with Crippen molar-refractivity contribution in [3.63, 3.8) is 0 Å². The van der Waals surface area contributed by atoms with Gasteiger partial charge in [0, 0.05) is 29.6 Å². The van der Waals surface area contributed by atoms with Crippen LogP contribution in [0.1, 0.15) is 31.9 Å². The van der Waals surface area contributed by atoms with E-state index in [0.29, 0.717) is 16.3 Å². The van der Waals surface area contributed by atoms with E-state index >= 15 is 0 Å². The molecule has 0 spiro atoms. The standard InChI is InChI=1S/C36H40ClN3O6S/c1-36(2,3)38-35(42)31(22-26-13-8-6-9-14-26)39(24-27-15-12-16-28(37)21-27)34(41)25-40(29-17-10-7-11-18-29)47(43,44)30-19-20-32(45-4)33(23-30)46-5/h6-21,23,31H,22,24-25H2,1-5H3,(H,38,42). The Morgan fingerprint density at radius 1 is 0.809 bits per heavy atom. The Hall–Kier alpha value is -4.54. The van der Waals surface area contributed by atoms with Gasteiger partial charge in [0.15, 0.2) is 11.5 Å². The van der Waals surface area contributed by atoms with Gasteiger partial charge >= 0.3 is 0 Å². The van der Waals surface area contributed by atoms with E-state index in [1.165, 1.54) is 37.3 Å². The molecule has 4 aromatic carbocycles. The molecule has 0 saturated heterocycles. The second kappa shape index (κ2) is 15.4. The lowest BCUT2D eigenvalue weighted by molar-refractivity contribution is -0.140. The lowest BCUT2D eigenvalue weighted by atomic mass is 10.0. The molecule has 0 bridgehead atoms. The Morgan fingerprint density at radius 2 is 1.43 bits per heavy atom. The first kappa shape index (κ1) is 35.3. The fourth-order valence-corrected chi connectivity index (χ4v) is 6.71. The van der Waals surface area contributed by atoms with E-state index in [2.05, 4.69) is 5.32 Å². The van der Waals surface area contributed by atoms with Gasteiger partial charge in [-0.2, -0.15) is 0 Å². The van der Waals surface area contributed by atoms with E-state index in [4.69, 9.17) is 21.1 Å². The topological polar surface area (TPSA) is 105 Å². The molecular formula is C36H40ClN3O6S. The zero-order chi connectivity index (χ0) is 34.2. The number of halogens is 1. The Balaban J connectivity index is 1.82. The van der Waals surface area contributed by atoms with Gasteiger partial charge in [0.1, 0.15) is 12.6 Å². The Labute approximate surface area is 282 Å². The first-order valence-corrected chi connectivity index (χ1v) is 16.8. The molecule has 4 aromatic rings. The summed E-state index contributed by atoms with van der Waals surface area (Å²) in [5.74, 6) is -0.374. The van der Waals surface area contributed by atoms with Crippen LogP contribution < -0.4 is 19.1 Å². The maximum atomic E-state index is 14.6. The Kier molecular flexibility index (Phi) is 11.5. The second-order valence-electron chi connectivity index (χ2n) is 12.0. The van der Waals surface area contributed by atoms with Gasteiger partial charge in [-0.05, 0) is 68.3 Å². The highest BCUT2D eigenvalue weighted by atomic mass is 35.5. The largest absolute Gasteiger partial charge is 0.493 e. The van der Waals surface area contributed by atoms with Crippen molar-refractivity contribution >= 4 is 39.1 Å². The Bertz CT molecular complexity index is 1780. The number of nitrogens with one attached hydrogen (secondary N) is 1. The van der Waals surface area contributed by atoms with E-state index < -0.39 is 34.1 Å². The molecule has 0 aliphatic heterocycles. The molecular weight excluding hydrogens is 638 g/mol. The smallest absolute Gasteiger partial charge is 0.264 e. The molecule has 1 unspecified atom stereocenters. The van der Waals surface area contributed by atoms with Crippen LogP contribution in [0.25, 0.3) is 0 Å². The van der Waals surface area contributed by atoms with E-state index in [1.807, 2.05) is 57.2 Å². The van der Waals surface area contributed by atoms with Crippen LogP contribution in [0, 0.1) is 0 Å². The molecule has 9 nitrogen and oxygen atoms in total. The van der Waals surface area contributed by atoms with Crippen molar-refractivity contribution in [3.05, 3.63) is 119 Å². The summed E-state index contributed by atoms with van der Waals surface area (Å²) in [5, 5.41) is 3.49. The molecule has 1 N–H and O–H groups in total. The van der Waals surface area contributed by atoms with Crippen molar-refractivity contribution in [1.29, 1.82) is 0 Å². The second-order valence-corrected chi connectivity index (χ2v) is 14.3. The highest BCUT2D eigenvalue weighted by molar-refractivity contribution is 7.92. The average Bonchev–Trinajstić information content (AvgIpc) is 3.04. The van der Waals surface area contributed by atoms with Crippen LogP contribution in [0.3, 0.4) is 0 Å². The fourth-order valence-electron chi connectivity index (χ4n) is 5.07. The SMILES string of the molecule is COc1ccc(S(=O)(=O)N(CC(=O)N(Cc2cccc(Cl)c2)C(Cc2ccccc2)C(=O)NC(C)(C)C)c2ccccc2)cc1OC. The van der Waals surface area contributed by atoms with Crippen molar-refractivity contribution < 1.29 is 27.5 Å². The summed E-state index contributed by atoms with van der Waals surface area (Å²) >= 11 is 6.32. The van der Waals surface area contributed by atoms with Crippen LogP contribution in [-0.4, -0.2) is 57.5 Å². The number of methoxy groups -OCH3 is 2. The molecule has 0 saturated carbocycles. The minimum Gasteiger partial charge on any atom is -0.493 e. The van der Waals surface area contributed by atoms with Crippen LogP contribution in [0.5, 0.6) is 11.5 Å². The molecule has 248 valence electrons. The molecule has 0 radical (unpaired) electrons. The summed E-state index contributed by atoms with van der Waals surface area (Å²) in [7, 11) is -1.46. The minimum absolute atomic E-state index is 0.00743. The van der Waals surface area contributed by atoms with Gasteiger partial charge in [0.25, 0.3) is 10.0 Å². The maximum Gasteiger partial charge on any atom is 0.264 e. The number of rotatable bonds is 13. The summed E-state index contributed by atoms with van der Waals surface area (Å²) in [6.45, 7) is 5.00. The van der Waals surface area contributed by atoms with Gasteiger partial charge in [-0.1, -0.05) is 72.3 Å². The summed E-state index contributed by atoms with van der Waals surface area (Å²) in [5.41, 5.74) is 1.20. The van der Waals surface area contributed by atoms with Crippen LogP contribution in [-0.2, 0) is 32.6 Å². The van der Waals surface area contributed by atoms with Gasteiger partial charge in [0.05, 0.1) is 24.8 Å². The summed E-state index contributed by atoms with van der Waals surface area (Å²) in [6, 6.07) is 28.0. The highest BCUT2D eigenvalue weighted by Gasteiger charge is 2.36. The van der Waals surface area contributed by atoms with Crippen molar-refractivity contribution in [3.8, 4) is 11.5 Å². The van der Waals surface area contributed by atoms with Gasteiger partial charge in [-0.25, -0.2) is 8.42 Å². The predicted octanol–water partition coefficient (Wildman–Crippen LogP) is 6.11. The van der Waals surface area contributed by atoms with Crippen molar-refractivity contribution in [2.75, 3.05) is 25.1 Å². The van der Waals surface area contributed by atoms with E-state index in [1.54, 1.807) is 48.5 Å². The van der Waals surface area contributed by atoms with Crippen LogP contribution in [0.4, 0.5) is 5.69 Å². The van der Waals surface area contributed by atoms with Gasteiger partial charge in [-0.3, -0.25) is 13.9 Å². The monoisotopic (exact) mass is 677 g/mol. The molecule has 0 aromatic heterocycles. The number of ether oxygens (including phenoxy) is 2. The number of anilines is 1. The molecule has 0 fully saturated rings. The average molecular weight is 678 g/mol. The lowest BCUT2D eigenvalue weighted by Gasteiger charge is -2.35. The molecule has 2 amide bonds. The fraction of sp³-hybridized carbons (Fsp3) is 0.278. The number of benzene rings is 4. The van der Waals surface area contributed by atoms with Gasteiger partial charge < -0.3 is 19.7 Å². The van der Waals surface area contributed by atoms with E-state index in [0.717, 1.165) is 9.87 Å². The molecule has 47 heavy (non-hydrogen) atoms. The maximum absolute atomic E-state index is 14.6. The molecule has 0 aliphatic rings. The van der Waals surface area contributed by atoms with Gasteiger partial charge in [0.2, 0.25) is 11.8 Å². The number of carbonyl (C=O) groups excluding carboxylic acids is 2. The molecule has 11 heteroatoms. The molecule has 4 rings (SSSR count). The predicted molar refractivity (Wildman–Crippen MR) is 184 cm³/mol. The number of sulfonamides is 1. The summed E-state index contributed by atoms with van der Waals surface area (Å²) < 4.78 is 40.3. The van der Waals surface area contributed by atoms with Crippen molar-refractivity contribution in [2.24, 2.45) is 0 Å². The molecule has 1 atom stereocenters. The third-order valence-electron chi connectivity index (χ3n) is 7.28. The molecule has 0 heterocycles. The van der Waals surface area contributed by atoms with Crippen LogP contribution in [0.2, 0.25) is 5.02 Å². The number of carbonyl (C=O) groups is 2. The number of amides is 2. The minimum atomic E-state index is -4.32. The van der Waals surface area contributed by atoms with E-state index in [-0.39, 0.29) is 35.2 Å². The van der Waals surface area contributed by atoms with Crippen LogP contribution >= 0.6 is 11.6 Å². The van der Waals surface area contributed by atoms with Crippen LogP contribution in [0.15, 0.2) is 108 Å². The van der Waals surface area contributed by atoms with E-state index in [9.17, 15) is 18.0 Å². The first-order valence-electron chi connectivity index (χ1n) is 15.0. The Morgan fingerprint density at radius 3 is 2.02 bits per heavy atom. The zero-order valence-electron chi connectivity index (χ0n) is 27.1. The summed E-state index contributed by atoms with van der Waals surface area (Å²) in [6.07, 6.45) is 0.197. The molecule has 0 aliphatic carbocycles. The number of hydrogen-bond donors (Lipinski definition) is 1. The summed E-state index contributed by atoms with van der Waals surface area (Å²) in [4.78, 5) is 29.9. The lowest BCUT2D eigenvalue weighted by Crippen LogP contribution is -2.56. The van der Waals surface area contributed by atoms with Gasteiger partial charge in [-0.15, -0.1) is 0 Å². The first-order chi connectivity index (χ1) is 22.3. The number of hydrogen-bond acceptors (Lipinski definition) is 6. The third kappa shape index (κ3) is 9.27. The number of nitrogens with zero attached hydrogens (tertiary/aromatic N) is 2. The third-order valence-corrected chi connectivity index (χ3v) is 9.28. The van der Waals surface area contributed by atoms with Crippen molar-refractivity contribution in [1.82, 2.24) is 10.2 Å².